The van der Waals surface area contributed by atoms with Gasteiger partial charge < -0.3 is 14.8 Å². The second kappa shape index (κ2) is 10.1. The molecular formula is C21H30ClN3O4. The van der Waals surface area contributed by atoms with Crippen LogP contribution in [-0.4, -0.2) is 65.5 Å². The zero-order valence-electron chi connectivity index (χ0n) is 17.1. The Morgan fingerprint density at radius 2 is 1.93 bits per heavy atom. The molecule has 1 amide bonds. The standard InChI is InChI=1S/C21H29N3O4.ClH/c1-14(19-12-16-6-4-5-7-18(16)28-19)22-21(27)15(2)24-10-8-17(9-11-24)23(3)13-20(25)26;/h4-7,12,14-15,17H,8-11,13H2,1-3H3,(H,22,27)(H,25,26);1H. The summed E-state index contributed by atoms with van der Waals surface area (Å²) in [7, 11) is 1.85. The molecule has 2 unspecified atom stereocenters. The van der Waals surface area contributed by atoms with E-state index in [1.54, 1.807) is 0 Å². The topological polar surface area (TPSA) is 86.0 Å². The van der Waals surface area contributed by atoms with Crippen molar-refractivity contribution in [3.63, 3.8) is 0 Å². The number of benzene rings is 1. The molecule has 160 valence electrons. The van der Waals surface area contributed by atoms with E-state index in [9.17, 15) is 9.59 Å². The molecule has 1 aliphatic rings. The molecule has 3 rings (SSSR count). The van der Waals surface area contributed by atoms with Crippen LogP contribution in [-0.2, 0) is 9.59 Å². The van der Waals surface area contributed by atoms with E-state index >= 15 is 0 Å². The number of carboxylic acid groups (broad SMARTS) is 1. The van der Waals surface area contributed by atoms with Crippen LogP contribution >= 0.6 is 12.4 Å². The van der Waals surface area contributed by atoms with E-state index in [1.165, 1.54) is 0 Å². The number of likely N-dealkylation sites (N-methyl/N-ethyl adjacent to an activating group) is 1. The summed E-state index contributed by atoms with van der Waals surface area (Å²) in [6, 6.07) is 9.57. The van der Waals surface area contributed by atoms with Gasteiger partial charge in [-0.05, 0) is 45.9 Å². The summed E-state index contributed by atoms with van der Waals surface area (Å²) in [6.07, 6.45) is 1.72. The lowest BCUT2D eigenvalue weighted by molar-refractivity contribution is -0.138. The number of para-hydroxylation sites is 1. The second-order valence-electron chi connectivity index (χ2n) is 7.67. The predicted molar refractivity (Wildman–Crippen MR) is 114 cm³/mol. The summed E-state index contributed by atoms with van der Waals surface area (Å²) in [4.78, 5) is 27.6. The molecule has 2 aromatic rings. The van der Waals surface area contributed by atoms with E-state index in [1.807, 2.05) is 56.1 Å². The van der Waals surface area contributed by atoms with Crippen LogP contribution < -0.4 is 5.32 Å². The summed E-state index contributed by atoms with van der Waals surface area (Å²) in [5.74, 6) is -0.0849. The van der Waals surface area contributed by atoms with E-state index in [-0.39, 0.29) is 43.0 Å². The minimum Gasteiger partial charge on any atom is -0.480 e. The van der Waals surface area contributed by atoms with Gasteiger partial charge in [-0.3, -0.25) is 19.4 Å². The van der Waals surface area contributed by atoms with E-state index in [2.05, 4.69) is 10.2 Å². The molecule has 0 bridgehead atoms. The van der Waals surface area contributed by atoms with Crippen LogP contribution in [0.3, 0.4) is 0 Å². The molecule has 0 aliphatic carbocycles. The molecule has 0 radical (unpaired) electrons. The number of aliphatic carboxylic acids is 1. The average Bonchev–Trinajstić information content (AvgIpc) is 3.11. The molecular weight excluding hydrogens is 394 g/mol. The van der Waals surface area contributed by atoms with Gasteiger partial charge >= 0.3 is 5.97 Å². The highest BCUT2D eigenvalue weighted by Gasteiger charge is 2.29. The Labute approximate surface area is 177 Å². The predicted octanol–water partition coefficient (Wildman–Crippen LogP) is 2.90. The van der Waals surface area contributed by atoms with Gasteiger partial charge in [-0.25, -0.2) is 0 Å². The van der Waals surface area contributed by atoms with Gasteiger partial charge in [0.25, 0.3) is 0 Å². The van der Waals surface area contributed by atoms with Gasteiger partial charge in [-0.2, -0.15) is 0 Å². The smallest absolute Gasteiger partial charge is 0.317 e. The molecule has 8 heteroatoms. The number of nitrogens with one attached hydrogen (secondary N) is 1. The van der Waals surface area contributed by atoms with Crippen LogP contribution in [0.25, 0.3) is 11.0 Å². The molecule has 2 N–H and O–H groups in total. The lowest BCUT2D eigenvalue weighted by atomic mass is 10.0. The molecule has 0 spiro atoms. The quantitative estimate of drug-likeness (QED) is 0.712. The van der Waals surface area contributed by atoms with Gasteiger partial charge in [0.15, 0.2) is 0 Å². The number of carbonyl (C=O) groups is 2. The number of hydrogen-bond donors (Lipinski definition) is 2. The van der Waals surface area contributed by atoms with Crippen molar-refractivity contribution in [2.45, 2.75) is 44.8 Å². The molecule has 1 fully saturated rings. The van der Waals surface area contributed by atoms with Crippen molar-refractivity contribution >= 4 is 35.3 Å². The molecule has 1 aromatic carbocycles. The highest BCUT2D eigenvalue weighted by molar-refractivity contribution is 5.85. The maximum atomic E-state index is 12.7. The van der Waals surface area contributed by atoms with Gasteiger partial charge in [0.1, 0.15) is 11.3 Å². The number of piperidine rings is 1. The largest absolute Gasteiger partial charge is 0.480 e. The van der Waals surface area contributed by atoms with E-state index in [0.29, 0.717) is 0 Å². The number of hydrogen-bond acceptors (Lipinski definition) is 5. The van der Waals surface area contributed by atoms with Crippen LogP contribution in [0.15, 0.2) is 34.7 Å². The molecule has 0 saturated carbocycles. The van der Waals surface area contributed by atoms with Gasteiger partial charge in [0.05, 0.1) is 18.6 Å². The Hall–Kier alpha value is -2.09. The van der Waals surface area contributed by atoms with Crippen molar-refractivity contribution in [1.82, 2.24) is 15.1 Å². The maximum Gasteiger partial charge on any atom is 0.317 e. The molecule has 2 atom stereocenters. The van der Waals surface area contributed by atoms with Crippen molar-refractivity contribution in [2.24, 2.45) is 0 Å². The third-order valence-electron chi connectivity index (χ3n) is 5.66. The highest BCUT2D eigenvalue weighted by Crippen LogP contribution is 2.24. The summed E-state index contributed by atoms with van der Waals surface area (Å²) in [5, 5.41) is 13.0. The maximum absolute atomic E-state index is 12.7. The number of carbonyl (C=O) groups excluding carboxylic acids is 1. The third kappa shape index (κ3) is 5.72. The summed E-state index contributed by atoms with van der Waals surface area (Å²) >= 11 is 0. The Kier molecular flexibility index (Phi) is 8.07. The van der Waals surface area contributed by atoms with Gasteiger partial charge in [0, 0.05) is 24.5 Å². The van der Waals surface area contributed by atoms with Crippen LogP contribution in [0.4, 0.5) is 0 Å². The first kappa shape index (κ1) is 23.2. The first-order valence-electron chi connectivity index (χ1n) is 9.80. The summed E-state index contributed by atoms with van der Waals surface area (Å²) in [6.45, 7) is 5.46. The fraction of sp³-hybridized carbons (Fsp3) is 0.524. The molecule has 1 aromatic heterocycles. The number of furan rings is 1. The van der Waals surface area contributed by atoms with E-state index < -0.39 is 5.97 Å². The average molecular weight is 424 g/mol. The van der Waals surface area contributed by atoms with Crippen LogP contribution in [0.5, 0.6) is 0 Å². The van der Waals surface area contributed by atoms with Crippen molar-refractivity contribution in [1.29, 1.82) is 0 Å². The second-order valence-corrected chi connectivity index (χ2v) is 7.67. The minimum atomic E-state index is -0.808. The molecule has 7 nitrogen and oxygen atoms in total. The number of likely N-dealkylation sites (tertiary alicyclic amines) is 1. The SMILES string of the molecule is CC(NC(=O)C(C)N1CCC(N(C)CC(=O)O)CC1)c1cc2ccccc2o1.Cl. The van der Waals surface area contributed by atoms with Crippen molar-refractivity contribution in [3.05, 3.63) is 36.1 Å². The van der Waals surface area contributed by atoms with E-state index in [0.717, 1.165) is 42.7 Å². The van der Waals surface area contributed by atoms with Crippen molar-refractivity contribution < 1.29 is 19.1 Å². The fourth-order valence-corrected chi connectivity index (χ4v) is 3.84. The number of carboxylic acids is 1. The van der Waals surface area contributed by atoms with Crippen molar-refractivity contribution in [2.75, 3.05) is 26.7 Å². The first-order chi connectivity index (χ1) is 13.3. The lowest BCUT2D eigenvalue weighted by Crippen LogP contribution is -2.51. The number of fused-ring (bicyclic) bond motifs is 1. The van der Waals surface area contributed by atoms with Crippen LogP contribution in [0, 0.1) is 0 Å². The Bertz CT molecular complexity index is 799. The molecule has 1 aliphatic heterocycles. The summed E-state index contributed by atoms with van der Waals surface area (Å²) < 4.78 is 5.85. The summed E-state index contributed by atoms with van der Waals surface area (Å²) in [5.41, 5.74) is 0.819. The minimum absolute atomic E-state index is 0. The number of halogens is 1. The van der Waals surface area contributed by atoms with E-state index in [4.69, 9.17) is 9.52 Å². The van der Waals surface area contributed by atoms with Gasteiger partial charge in [-0.1, -0.05) is 18.2 Å². The monoisotopic (exact) mass is 423 g/mol. The normalized spacial score (nSPS) is 17.7. The highest BCUT2D eigenvalue weighted by atomic mass is 35.5. The van der Waals surface area contributed by atoms with Gasteiger partial charge in [0.2, 0.25) is 5.91 Å². The molecule has 1 saturated heterocycles. The van der Waals surface area contributed by atoms with Gasteiger partial charge in [-0.15, -0.1) is 12.4 Å². The zero-order chi connectivity index (χ0) is 20.3. The van der Waals surface area contributed by atoms with Crippen LogP contribution in [0.2, 0.25) is 0 Å². The zero-order valence-corrected chi connectivity index (χ0v) is 17.9. The van der Waals surface area contributed by atoms with Crippen LogP contribution in [0.1, 0.15) is 38.5 Å². The Morgan fingerprint density at radius 1 is 1.28 bits per heavy atom. The first-order valence-corrected chi connectivity index (χ1v) is 9.80. The lowest BCUT2D eigenvalue weighted by Gasteiger charge is -2.38. The number of amides is 1. The molecule has 29 heavy (non-hydrogen) atoms. The fourth-order valence-electron chi connectivity index (χ4n) is 3.84. The van der Waals surface area contributed by atoms with Crippen molar-refractivity contribution in [3.8, 4) is 0 Å². The Balaban J connectivity index is 0.00000300. The number of rotatable bonds is 7. The molecule has 2 heterocycles. The number of nitrogens with zero attached hydrogens (tertiary/aromatic N) is 2. The third-order valence-corrected chi connectivity index (χ3v) is 5.66. The Morgan fingerprint density at radius 3 is 2.55 bits per heavy atom.